The van der Waals surface area contributed by atoms with Crippen molar-refractivity contribution in [1.29, 1.82) is 0 Å². The van der Waals surface area contributed by atoms with Gasteiger partial charge >= 0.3 is 0 Å². The zero-order valence-corrected chi connectivity index (χ0v) is 13.0. The highest BCUT2D eigenvalue weighted by molar-refractivity contribution is 4.98. The fraction of sp³-hybridized carbons (Fsp3) is 1.00. The van der Waals surface area contributed by atoms with Crippen molar-refractivity contribution in [3.63, 3.8) is 0 Å². The van der Waals surface area contributed by atoms with Crippen LogP contribution in [-0.2, 0) is 14.2 Å². The van der Waals surface area contributed by atoms with Crippen LogP contribution in [0.15, 0.2) is 0 Å². The number of nitrogens with two attached hydrogens (primary N) is 1. The second kappa shape index (κ2) is 6.99. The van der Waals surface area contributed by atoms with Crippen LogP contribution >= 0.6 is 0 Å². The Hall–Kier alpha value is -0.200. The van der Waals surface area contributed by atoms with E-state index in [4.69, 9.17) is 20.1 Å². The lowest BCUT2D eigenvalue weighted by Gasteiger charge is -2.32. The topological polar surface area (TPSA) is 65.7 Å². The normalized spacial score (nSPS) is 26.5. The maximum absolute atomic E-state index is 6.12. The Morgan fingerprint density at radius 1 is 1.26 bits per heavy atom. The maximum atomic E-state index is 6.12. The van der Waals surface area contributed by atoms with Crippen LogP contribution in [0.4, 0.5) is 0 Å². The molecule has 1 heterocycles. The molecule has 2 atom stereocenters. The highest BCUT2D eigenvalue weighted by Gasteiger charge is 2.48. The molecule has 0 spiro atoms. The van der Waals surface area contributed by atoms with Crippen molar-refractivity contribution in [2.45, 2.75) is 57.8 Å². The summed E-state index contributed by atoms with van der Waals surface area (Å²) < 4.78 is 16.6. The van der Waals surface area contributed by atoms with Crippen LogP contribution in [-0.4, -0.2) is 44.2 Å². The van der Waals surface area contributed by atoms with Gasteiger partial charge in [0.1, 0.15) is 0 Å². The summed E-state index contributed by atoms with van der Waals surface area (Å²) in [7, 11) is 1.67. The van der Waals surface area contributed by atoms with Crippen molar-refractivity contribution in [2.75, 3.05) is 26.9 Å². The first kappa shape index (κ1) is 16.9. The van der Waals surface area contributed by atoms with Crippen LogP contribution in [0, 0.1) is 5.92 Å². The zero-order valence-electron chi connectivity index (χ0n) is 13.0. The van der Waals surface area contributed by atoms with Gasteiger partial charge in [0, 0.05) is 25.7 Å². The number of hydrogen-bond acceptors (Lipinski definition) is 5. The third-order valence-corrected chi connectivity index (χ3v) is 3.85. The third-order valence-electron chi connectivity index (χ3n) is 3.85. The SMILES string of the molecule is COCCOCCC(NN)C1CC(C)(C)OC1(C)C. The van der Waals surface area contributed by atoms with E-state index in [9.17, 15) is 0 Å². The molecule has 5 nitrogen and oxygen atoms in total. The second-order valence-corrected chi connectivity index (χ2v) is 6.44. The monoisotopic (exact) mass is 274 g/mol. The second-order valence-electron chi connectivity index (χ2n) is 6.44. The van der Waals surface area contributed by atoms with Gasteiger partial charge in [-0.05, 0) is 40.5 Å². The van der Waals surface area contributed by atoms with Crippen LogP contribution < -0.4 is 11.3 Å². The van der Waals surface area contributed by atoms with E-state index in [2.05, 4.69) is 33.1 Å². The number of hydrazine groups is 1. The number of methoxy groups -OCH3 is 1. The Labute approximate surface area is 117 Å². The summed E-state index contributed by atoms with van der Waals surface area (Å²) in [6.07, 6.45) is 1.89. The molecule has 19 heavy (non-hydrogen) atoms. The van der Waals surface area contributed by atoms with E-state index >= 15 is 0 Å². The molecule has 0 aromatic carbocycles. The van der Waals surface area contributed by atoms with Crippen molar-refractivity contribution in [1.82, 2.24) is 5.43 Å². The Morgan fingerprint density at radius 2 is 1.95 bits per heavy atom. The predicted molar refractivity (Wildman–Crippen MR) is 75.8 cm³/mol. The van der Waals surface area contributed by atoms with Crippen LogP contribution in [0.3, 0.4) is 0 Å². The molecule has 1 aliphatic heterocycles. The van der Waals surface area contributed by atoms with Crippen molar-refractivity contribution in [3.05, 3.63) is 0 Å². The fourth-order valence-corrected chi connectivity index (χ4v) is 3.09. The van der Waals surface area contributed by atoms with Gasteiger partial charge in [-0.3, -0.25) is 11.3 Å². The Kier molecular flexibility index (Phi) is 6.20. The van der Waals surface area contributed by atoms with E-state index < -0.39 is 0 Å². The molecule has 1 aliphatic rings. The van der Waals surface area contributed by atoms with Gasteiger partial charge in [0.15, 0.2) is 0 Å². The molecule has 0 amide bonds. The molecule has 114 valence electrons. The molecule has 0 aromatic heterocycles. The minimum absolute atomic E-state index is 0.0832. The lowest BCUT2D eigenvalue weighted by Crippen LogP contribution is -2.47. The quantitative estimate of drug-likeness (QED) is 0.398. The molecule has 0 aromatic rings. The summed E-state index contributed by atoms with van der Waals surface area (Å²) in [6, 6.07) is 0.208. The average Bonchev–Trinajstić information content (AvgIpc) is 2.52. The smallest absolute Gasteiger partial charge is 0.0700 e. The molecule has 3 N–H and O–H groups in total. The minimum atomic E-state index is -0.160. The van der Waals surface area contributed by atoms with Crippen LogP contribution in [0.1, 0.15) is 40.5 Å². The summed E-state index contributed by atoms with van der Waals surface area (Å²) in [5, 5.41) is 0. The van der Waals surface area contributed by atoms with Gasteiger partial charge in [-0.2, -0.15) is 0 Å². The van der Waals surface area contributed by atoms with Gasteiger partial charge < -0.3 is 14.2 Å². The average molecular weight is 274 g/mol. The summed E-state index contributed by atoms with van der Waals surface area (Å²) in [5.41, 5.74) is 2.69. The van der Waals surface area contributed by atoms with Crippen LogP contribution in [0.5, 0.6) is 0 Å². The largest absolute Gasteiger partial charge is 0.382 e. The molecule has 0 bridgehead atoms. The van der Waals surface area contributed by atoms with Gasteiger partial charge in [-0.15, -0.1) is 0 Å². The van der Waals surface area contributed by atoms with Gasteiger partial charge in [0.2, 0.25) is 0 Å². The number of rotatable bonds is 8. The lowest BCUT2D eigenvalue weighted by molar-refractivity contribution is -0.0786. The third kappa shape index (κ3) is 5.00. The predicted octanol–water partition coefficient (Wildman–Crippen LogP) is 1.47. The van der Waals surface area contributed by atoms with Crippen LogP contribution in [0.25, 0.3) is 0 Å². The molecule has 0 saturated carbocycles. The molecular formula is C14H30N2O3. The molecule has 2 unspecified atom stereocenters. The Morgan fingerprint density at radius 3 is 2.42 bits per heavy atom. The van der Waals surface area contributed by atoms with E-state index in [1.807, 2.05) is 0 Å². The fourth-order valence-electron chi connectivity index (χ4n) is 3.09. The van der Waals surface area contributed by atoms with E-state index in [1.165, 1.54) is 0 Å². The van der Waals surface area contributed by atoms with Gasteiger partial charge in [0.25, 0.3) is 0 Å². The van der Waals surface area contributed by atoms with Gasteiger partial charge in [-0.1, -0.05) is 0 Å². The van der Waals surface area contributed by atoms with Crippen molar-refractivity contribution in [2.24, 2.45) is 11.8 Å². The maximum Gasteiger partial charge on any atom is 0.0700 e. The molecule has 1 fully saturated rings. The molecular weight excluding hydrogens is 244 g/mol. The standard InChI is InChI=1S/C14H30N2O3/c1-13(2)10-11(14(3,4)19-13)12(16-15)6-7-18-9-8-17-5/h11-12,16H,6-10,15H2,1-5H3. The summed E-state index contributed by atoms with van der Waals surface area (Å²) >= 11 is 0. The van der Waals surface area contributed by atoms with Gasteiger partial charge in [0.05, 0.1) is 24.4 Å². The minimum Gasteiger partial charge on any atom is -0.382 e. The number of nitrogens with one attached hydrogen (secondary N) is 1. The molecule has 1 saturated heterocycles. The molecule has 0 radical (unpaired) electrons. The lowest BCUT2D eigenvalue weighted by atomic mass is 9.81. The zero-order chi connectivity index (χ0) is 14.5. The first-order chi connectivity index (χ1) is 8.82. The summed E-state index contributed by atoms with van der Waals surface area (Å²) in [5.74, 6) is 6.10. The summed E-state index contributed by atoms with van der Waals surface area (Å²) in [4.78, 5) is 0. The van der Waals surface area contributed by atoms with Crippen molar-refractivity contribution < 1.29 is 14.2 Å². The summed E-state index contributed by atoms with van der Waals surface area (Å²) in [6.45, 7) is 10.5. The van der Waals surface area contributed by atoms with E-state index in [-0.39, 0.29) is 17.2 Å². The van der Waals surface area contributed by atoms with Crippen molar-refractivity contribution in [3.8, 4) is 0 Å². The van der Waals surface area contributed by atoms with E-state index in [0.717, 1.165) is 12.8 Å². The molecule has 0 aliphatic carbocycles. The number of hydrogen-bond donors (Lipinski definition) is 2. The highest BCUT2D eigenvalue weighted by Crippen LogP contribution is 2.43. The first-order valence-electron chi connectivity index (χ1n) is 7.05. The Balaban J connectivity index is 2.46. The van der Waals surface area contributed by atoms with Crippen LogP contribution in [0.2, 0.25) is 0 Å². The highest BCUT2D eigenvalue weighted by atomic mass is 16.5. The molecule has 5 heteroatoms. The first-order valence-corrected chi connectivity index (χ1v) is 7.05. The van der Waals surface area contributed by atoms with E-state index in [0.29, 0.717) is 25.7 Å². The Bertz CT molecular complexity index is 269. The molecule has 1 rings (SSSR count). The van der Waals surface area contributed by atoms with Crippen molar-refractivity contribution >= 4 is 0 Å². The van der Waals surface area contributed by atoms with Gasteiger partial charge in [-0.25, -0.2) is 0 Å². The van der Waals surface area contributed by atoms with E-state index in [1.54, 1.807) is 7.11 Å². The number of ether oxygens (including phenoxy) is 3.